The van der Waals surface area contributed by atoms with Gasteiger partial charge in [0.15, 0.2) is 0 Å². The maximum absolute atomic E-state index is 11.2. The number of thiol groups is 3. The summed E-state index contributed by atoms with van der Waals surface area (Å²) in [4.78, 5) is 0. The van der Waals surface area contributed by atoms with Crippen LogP contribution in [0.15, 0.2) is 36.4 Å². The highest BCUT2D eigenvalue weighted by atomic mass is 32.1. The number of rotatable bonds is 14. The summed E-state index contributed by atoms with van der Waals surface area (Å²) in [5.41, 5.74) is 8.86. The maximum atomic E-state index is 11.2. The van der Waals surface area contributed by atoms with Crippen LogP contribution in [0.4, 0.5) is 0 Å². The van der Waals surface area contributed by atoms with Crippen LogP contribution in [-0.2, 0) is 16.2 Å². The van der Waals surface area contributed by atoms with Crippen LogP contribution in [-0.4, -0.2) is 32.6 Å². The van der Waals surface area contributed by atoms with Crippen LogP contribution in [0.2, 0.25) is 0 Å². The molecule has 3 aromatic rings. The van der Waals surface area contributed by atoms with Crippen LogP contribution in [0.5, 0.6) is 17.2 Å². The second kappa shape index (κ2) is 17.5. The van der Waals surface area contributed by atoms with E-state index in [9.17, 15) is 15.3 Å². The van der Waals surface area contributed by atoms with Gasteiger partial charge in [0, 0.05) is 0 Å². The van der Waals surface area contributed by atoms with E-state index in [1.807, 2.05) is 20.8 Å². The van der Waals surface area contributed by atoms with Crippen LogP contribution in [0.3, 0.4) is 0 Å². The second-order valence-electron chi connectivity index (χ2n) is 18.2. The van der Waals surface area contributed by atoms with E-state index >= 15 is 0 Å². The molecule has 284 valence electrons. The van der Waals surface area contributed by atoms with E-state index in [0.717, 1.165) is 82.7 Å². The Balaban J connectivity index is 2.32. The SMILES string of the molecule is Cc1cc(C(CCS)CC(CC(CCS)c2cc(C)c(O)c(C(C)(C)C)c2)C(CCS)c2cc(C)c(O)c(C(C)(C)C)c2)cc(C(C)(C)C)c1O. The van der Waals surface area contributed by atoms with Crippen molar-refractivity contribution >= 4 is 37.9 Å². The zero-order valence-electron chi connectivity index (χ0n) is 33.6. The van der Waals surface area contributed by atoms with E-state index in [1.54, 1.807) is 0 Å². The van der Waals surface area contributed by atoms with Gasteiger partial charge in [-0.2, -0.15) is 37.9 Å². The second-order valence-corrected chi connectivity index (χ2v) is 19.6. The van der Waals surface area contributed by atoms with Crippen LogP contribution >= 0.6 is 37.9 Å². The number of hydrogen-bond acceptors (Lipinski definition) is 6. The number of hydrogen-bond donors (Lipinski definition) is 6. The van der Waals surface area contributed by atoms with E-state index < -0.39 is 0 Å². The Hall–Kier alpha value is -1.89. The molecule has 0 aliphatic heterocycles. The van der Waals surface area contributed by atoms with Crippen molar-refractivity contribution in [1.82, 2.24) is 0 Å². The first-order valence-electron chi connectivity index (χ1n) is 18.9. The van der Waals surface area contributed by atoms with Crippen molar-refractivity contribution in [3.63, 3.8) is 0 Å². The Bertz CT molecular complexity index is 1540. The molecule has 0 saturated carbocycles. The molecule has 0 fully saturated rings. The molecule has 51 heavy (non-hydrogen) atoms. The monoisotopic (exact) mass is 752 g/mol. The van der Waals surface area contributed by atoms with Gasteiger partial charge in [-0.25, -0.2) is 0 Å². The lowest BCUT2D eigenvalue weighted by Crippen LogP contribution is -2.23. The molecule has 0 spiro atoms. The van der Waals surface area contributed by atoms with Gasteiger partial charge in [0.25, 0.3) is 0 Å². The Morgan fingerprint density at radius 2 is 0.765 bits per heavy atom. The van der Waals surface area contributed by atoms with E-state index in [1.165, 1.54) is 16.7 Å². The van der Waals surface area contributed by atoms with Crippen molar-refractivity contribution in [3.05, 3.63) is 86.5 Å². The van der Waals surface area contributed by atoms with Crippen LogP contribution in [0, 0.1) is 26.7 Å². The zero-order valence-corrected chi connectivity index (χ0v) is 36.3. The highest BCUT2D eigenvalue weighted by Gasteiger charge is 2.33. The lowest BCUT2D eigenvalue weighted by molar-refractivity contribution is 0.307. The van der Waals surface area contributed by atoms with Crippen molar-refractivity contribution in [2.75, 3.05) is 17.3 Å². The van der Waals surface area contributed by atoms with Crippen LogP contribution in [0.1, 0.15) is 162 Å². The lowest BCUT2D eigenvalue weighted by Gasteiger charge is -2.36. The molecule has 0 bridgehead atoms. The first kappa shape index (κ1) is 43.5. The Labute approximate surface area is 327 Å². The van der Waals surface area contributed by atoms with Crippen molar-refractivity contribution in [1.29, 1.82) is 0 Å². The van der Waals surface area contributed by atoms with Gasteiger partial charge in [-0.3, -0.25) is 0 Å². The molecule has 3 nitrogen and oxygen atoms in total. The third kappa shape index (κ3) is 10.8. The molecular weight excluding hydrogens is 685 g/mol. The standard InChI is InChI=1S/C45H68O3S3/c1-27-19-32(24-37(40(27)46)43(4,5)6)30(13-16-49)22-35(36(15-18-51)34-21-29(3)42(48)39(26-34)45(10,11)12)23-31(14-17-50)33-20-28(2)41(47)38(25-33)44(7,8)9/h19-21,24-26,30-31,35-36,46-51H,13-18,22-23H2,1-12H3. The fraction of sp³-hybridized carbons (Fsp3) is 0.600. The molecule has 3 aromatic carbocycles. The van der Waals surface area contributed by atoms with E-state index in [0.29, 0.717) is 17.2 Å². The third-order valence-corrected chi connectivity index (χ3v) is 11.7. The van der Waals surface area contributed by atoms with Crippen LogP contribution in [0.25, 0.3) is 0 Å². The average Bonchev–Trinajstić information content (AvgIpc) is 3.01. The summed E-state index contributed by atoms with van der Waals surface area (Å²) < 4.78 is 0. The highest BCUT2D eigenvalue weighted by Crippen LogP contribution is 2.47. The molecule has 3 atom stereocenters. The minimum absolute atomic E-state index is 0.198. The summed E-state index contributed by atoms with van der Waals surface area (Å²) in [6.07, 6.45) is 4.65. The molecule has 0 radical (unpaired) electrons. The van der Waals surface area contributed by atoms with Crippen molar-refractivity contribution in [2.24, 2.45) is 5.92 Å². The smallest absolute Gasteiger partial charge is 0.122 e. The van der Waals surface area contributed by atoms with Crippen molar-refractivity contribution in [3.8, 4) is 17.2 Å². The molecule has 6 heteroatoms. The van der Waals surface area contributed by atoms with Gasteiger partial charge in [-0.1, -0.05) is 98.7 Å². The van der Waals surface area contributed by atoms with E-state index in [-0.39, 0.29) is 39.9 Å². The van der Waals surface area contributed by atoms with Crippen molar-refractivity contribution in [2.45, 2.75) is 149 Å². The van der Waals surface area contributed by atoms with Gasteiger partial charge in [-0.15, -0.1) is 0 Å². The lowest BCUT2D eigenvalue weighted by atomic mass is 9.70. The summed E-state index contributed by atoms with van der Waals surface area (Å²) in [6.45, 7) is 25.5. The summed E-state index contributed by atoms with van der Waals surface area (Å²) in [6, 6.07) is 13.3. The molecule has 0 aliphatic rings. The quantitative estimate of drug-likeness (QED) is 0.0930. The summed E-state index contributed by atoms with van der Waals surface area (Å²) in [5, 5.41) is 33.6. The molecule has 3 N–H and O–H groups in total. The number of benzene rings is 3. The molecular formula is C45H68O3S3. The minimum atomic E-state index is -0.213. The van der Waals surface area contributed by atoms with Crippen LogP contribution < -0.4 is 0 Å². The maximum Gasteiger partial charge on any atom is 0.122 e. The number of aryl methyl sites for hydroxylation is 3. The zero-order chi connectivity index (χ0) is 38.6. The molecule has 3 unspecified atom stereocenters. The minimum Gasteiger partial charge on any atom is -0.507 e. The molecule has 0 aromatic heterocycles. The molecule has 3 rings (SSSR count). The van der Waals surface area contributed by atoms with Gasteiger partial charge in [0.1, 0.15) is 17.2 Å². The first-order chi connectivity index (χ1) is 23.5. The Morgan fingerprint density at radius 3 is 1.06 bits per heavy atom. The topological polar surface area (TPSA) is 60.7 Å². The van der Waals surface area contributed by atoms with Gasteiger partial charge in [-0.05, 0) is 160 Å². The van der Waals surface area contributed by atoms with Gasteiger partial charge < -0.3 is 15.3 Å². The summed E-state index contributed by atoms with van der Waals surface area (Å²) in [5.74, 6) is 4.38. The fourth-order valence-corrected chi connectivity index (χ4v) is 8.85. The Morgan fingerprint density at radius 1 is 0.471 bits per heavy atom. The number of aromatic hydroxyl groups is 3. The normalized spacial score (nSPS) is 15.1. The average molecular weight is 753 g/mol. The first-order valence-corrected chi connectivity index (χ1v) is 20.8. The number of phenols is 3. The molecule has 0 amide bonds. The number of phenolic OH excluding ortho intramolecular Hbond substituents is 3. The van der Waals surface area contributed by atoms with Gasteiger partial charge in [0.2, 0.25) is 0 Å². The molecule has 0 aliphatic carbocycles. The Kier molecular flexibility index (Phi) is 14.9. The predicted molar refractivity (Wildman–Crippen MR) is 231 cm³/mol. The highest BCUT2D eigenvalue weighted by molar-refractivity contribution is 7.80. The van der Waals surface area contributed by atoms with Gasteiger partial charge >= 0.3 is 0 Å². The van der Waals surface area contributed by atoms with E-state index in [2.05, 4.69) is 98.7 Å². The predicted octanol–water partition coefficient (Wildman–Crippen LogP) is 12.6. The van der Waals surface area contributed by atoms with Crippen molar-refractivity contribution < 1.29 is 15.3 Å². The van der Waals surface area contributed by atoms with Gasteiger partial charge in [0.05, 0.1) is 0 Å². The van der Waals surface area contributed by atoms with E-state index in [4.69, 9.17) is 37.9 Å². The summed E-state index contributed by atoms with van der Waals surface area (Å²) in [7, 11) is 0. The largest absolute Gasteiger partial charge is 0.507 e. The summed E-state index contributed by atoms with van der Waals surface area (Å²) >= 11 is 14.4. The molecule has 0 saturated heterocycles. The third-order valence-electron chi connectivity index (χ3n) is 10.9. The molecule has 0 heterocycles. The fourth-order valence-electron chi connectivity index (χ4n) is 7.95.